The van der Waals surface area contributed by atoms with E-state index in [1.165, 1.54) is 18.1 Å². The van der Waals surface area contributed by atoms with Crippen LogP contribution in [0.4, 0.5) is 10.5 Å². The summed E-state index contributed by atoms with van der Waals surface area (Å²) in [6.07, 6.45) is 2.34. The maximum atomic E-state index is 13.4. The predicted octanol–water partition coefficient (Wildman–Crippen LogP) is 4.51. The molecule has 1 aliphatic rings. The number of fused-ring (bicyclic) bond motifs is 1. The number of carbonyl (C=O) groups excluding carboxylic acids is 1. The fraction of sp³-hybridized carbons (Fsp3) is 0.154. The van der Waals surface area contributed by atoms with Crippen LogP contribution in [-0.2, 0) is 11.2 Å². The predicted molar refractivity (Wildman–Crippen MR) is 138 cm³/mol. The Labute approximate surface area is 220 Å². The van der Waals surface area contributed by atoms with Gasteiger partial charge in [-0.2, -0.15) is 4.68 Å². The van der Waals surface area contributed by atoms with Crippen molar-refractivity contribution in [1.29, 1.82) is 0 Å². The molecule has 0 radical (unpaired) electrons. The Morgan fingerprint density at radius 1 is 1.11 bits per heavy atom. The van der Waals surface area contributed by atoms with Gasteiger partial charge in [0.15, 0.2) is 5.76 Å². The number of aromatic nitrogens is 6. The van der Waals surface area contributed by atoms with Crippen LogP contribution in [0.15, 0.2) is 76.3 Å². The molecule has 6 rings (SSSR count). The number of aryl methyl sites for hydroxylation is 1. The minimum Gasteiger partial charge on any atom is -0.453 e. The van der Waals surface area contributed by atoms with Gasteiger partial charge < -0.3 is 13.8 Å². The largest absolute Gasteiger partial charge is 0.453 e. The highest BCUT2D eigenvalue weighted by molar-refractivity contribution is 6.31. The first-order chi connectivity index (χ1) is 18.5. The van der Waals surface area contributed by atoms with Crippen LogP contribution in [0.3, 0.4) is 0 Å². The van der Waals surface area contributed by atoms with Gasteiger partial charge in [-0.1, -0.05) is 28.9 Å². The molecular formula is C26H20ClN7O4. The number of ether oxygens (including phenoxy) is 1. The number of halogens is 1. The summed E-state index contributed by atoms with van der Waals surface area (Å²) in [4.78, 5) is 24.8. The Bertz CT molecular complexity index is 1690. The van der Waals surface area contributed by atoms with E-state index in [0.29, 0.717) is 40.7 Å². The number of nitrogens with one attached hydrogen (secondary N) is 1. The first-order valence-electron chi connectivity index (χ1n) is 11.7. The van der Waals surface area contributed by atoms with Gasteiger partial charge in [-0.3, -0.25) is 10.1 Å². The summed E-state index contributed by atoms with van der Waals surface area (Å²) in [7, 11) is 1.30. The number of rotatable bonds is 5. The van der Waals surface area contributed by atoms with E-state index in [4.69, 9.17) is 16.1 Å². The lowest BCUT2D eigenvalue weighted by Crippen LogP contribution is -2.23. The highest BCUT2D eigenvalue weighted by Crippen LogP contribution is 2.35. The lowest BCUT2D eigenvalue weighted by Gasteiger charge is -2.14. The van der Waals surface area contributed by atoms with E-state index in [2.05, 4.69) is 30.7 Å². The van der Waals surface area contributed by atoms with Gasteiger partial charge in [-0.15, -0.1) is 5.10 Å². The average molecular weight is 530 g/mol. The zero-order valence-corrected chi connectivity index (χ0v) is 20.8. The van der Waals surface area contributed by atoms with Crippen molar-refractivity contribution in [2.24, 2.45) is 0 Å². The van der Waals surface area contributed by atoms with Crippen LogP contribution < -0.4 is 10.9 Å². The number of hydrogen-bond donors (Lipinski definition) is 1. The summed E-state index contributed by atoms with van der Waals surface area (Å²) in [5, 5.41) is 18.8. The number of pyridine rings is 1. The number of benzene rings is 2. The summed E-state index contributed by atoms with van der Waals surface area (Å²) in [5.74, 6) is 0.600. The molecule has 0 bridgehead atoms. The van der Waals surface area contributed by atoms with Crippen molar-refractivity contribution in [3.8, 4) is 28.1 Å². The third-order valence-electron chi connectivity index (χ3n) is 6.47. The maximum Gasteiger partial charge on any atom is 0.411 e. The SMILES string of the molecule is COC(=O)Nc1ccc(-c2cc(C3CCc4cc(-c5cc(Cl)ccc5-n5cnnn5)cc(=O)n43)on2)cc1. The van der Waals surface area contributed by atoms with Gasteiger partial charge in [0.1, 0.15) is 12.0 Å². The normalized spacial score (nSPS) is 14.3. The van der Waals surface area contributed by atoms with Crippen molar-refractivity contribution >= 4 is 23.4 Å². The minimum absolute atomic E-state index is 0.154. The molecule has 1 amide bonds. The van der Waals surface area contributed by atoms with Crippen LogP contribution >= 0.6 is 11.6 Å². The van der Waals surface area contributed by atoms with Crippen LogP contribution in [0.2, 0.25) is 5.02 Å². The molecule has 0 fully saturated rings. The maximum absolute atomic E-state index is 13.4. The van der Waals surface area contributed by atoms with Crippen molar-refractivity contribution in [3.05, 3.63) is 93.8 Å². The van der Waals surface area contributed by atoms with E-state index in [0.717, 1.165) is 22.4 Å². The summed E-state index contributed by atoms with van der Waals surface area (Å²) in [6.45, 7) is 0. The molecule has 0 spiro atoms. The average Bonchev–Trinajstić information content (AvgIpc) is 3.70. The highest BCUT2D eigenvalue weighted by atomic mass is 35.5. The minimum atomic E-state index is -0.544. The molecule has 0 aliphatic carbocycles. The highest BCUT2D eigenvalue weighted by Gasteiger charge is 2.29. The quantitative estimate of drug-likeness (QED) is 0.352. The summed E-state index contributed by atoms with van der Waals surface area (Å²) in [5.41, 5.74) is 4.97. The first kappa shape index (κ1) is 23.6. The molecule has 2 aromatic carbocycles. The molecule has 1 atom stereocenters. The number of hydrogen-bond acceptors (Lipinski definition) is 8. The third kappa shape index (κ3) is 4.33. The number of tetrazole rings is 1. The van der Waals surface area contributed by atoms with E-state index in [1.807, 2.05) is 30.3 Å². The molecular weight excluding hydrogens is 510 g/mol. The summed E-state index contributed by atoms with van der Waals surface area (Å²) >= 11 is 6.29. The fourth-order valence-corrected chi connectivity index (χ4v) is 4.88. The molecule has 12 heteroatoms. The van der Waals surface area contributed by atoms with Gasteiger partial charge in [0.25, 0.3) is 5.56 Å². The Hall–Kier alpha value is -4.77. The molecule has 5 aromatic rings. The molecule has 3 aromatic heterocycles. The fourth-order valence-electron chi connectivity index (χ4n) is 4.71. The lowest BCUT2D eigenvalue weighted by atomic mass is 10.0. The zero-order chi connectivity index (χ0) is 26.2. The number of anilines is 1. The van der Waals surface area contributed by atoms with Crippen LogP contribution in [-0.4, -0.2) is 43.1 Å². The van der Waals surface area contributed by atoms with Crippen molar-refractivity contribution in [1.82, 2.24) is 29.9 Å². The van der Waals surface area contributed by atoms with Crippen LogP contribution in [0.5, 0.6) is 0 Å². The van der Waals surface area contributed by atoms with E-state index in [9.17, 15) is 9.59 Å². The monoisotopic (exact) mass is 529 g/mol. The molecule has 1 unspecified atom stereocenters. The van der Waals surface area contributed by atoms with E-state index in [1.54, 1.807) is 34.9 Å². The zero-order valence-electron chi connectivity index (χ0n) is 20.0. The lowest BCUT2D eigenvalue weighted by molar-refractivity contribution is 0.187. The second-order valence-corrected chi connectivity index (χ2v) is 9.16. The van der Waals surface area contributed by atoms with Crippen molar-refractivity contribution in [3.63, 3.8) is 0 Å². The van der Waals surface area contributed by atoms with Crippen molar-refractivity contribution < 1.29 is 14.1 Å². The molecule has 38 heavy (non-hydrogen) atoms. The van der Waals surface area contributed by atoms with Crippen LogP contribution in [0.25, 0.3) is 28.1 Å². The third-order valence-corrected chi connectivity index (χ3v) is 6.70. The Kier molecular flexibility index (Phi) is 5.97. The molecule has 4 heterocycles. The summed E-state index contributed by atoms with van der Waals surface area (Å²) in [6, 6.07) is 17.7. The second kappa shape index (κ2) is 9.60. The van der Waals surface area contributed by atoms with Gasteiger partial charge in [-0.05, 0) is 65.2 Å². The Morgan fingerprint density at radius 2 is 1.95 bits per heavy atom. The Morgan fingerprint density at radius 3 is 2.71 bits per heavy atom. The van der Waals surface area contributed by atoms with Gasteiger partial charge in [-0.25, -0.2) is 4.79 Å². The number of amides is 1. The van der Waals surface area contributed by atoms with Crippen molar-refractivity contribution in [2.45, 2.75) is 18.9 Å². The molecule has 0 saturated heterocycles. The van der Waals surface area contributed by atoms with E-state index >= 15 is 0 Å². The van der Waals surface area contributed by atoms with E-state index < -0.39 is 6.09 Å². The summed E-state index contributed by atoms with van der Waals surface area (Å²) < 4.78 is 13.6. The topological polar surface area (TPSA) is 130 Å². The van der Waals surface area contributed by atoms with Gasteiger partial charge in [0.05, 0.1) is 18.8 Å². The number of nitrogens with zero attached hydrogens (tertiary/aromatic N) is 6. The first-order valence-corrected chi connectivity index (χ1v) is 12.1. The smallest absolute Gasteiger partial charge is 0.411 e. The van der Waals surface area contributed by atoms with Gasteiger partial charge in [0.2, 0.25) is 0 Å². The molecule has 0 saturated carbocycles. The molecule has 1 N–H and O–H groups in total. The van der Waals surface area contributed by atoms with Crippen LogP contribution in [0, 0.1) is 0 Å². The molecule has 190 valence electrons. The van der Waals surface area contributed by atoms with Gasteiger partial charge in [0, 0.05) is 39.7 Å². The van der Waals surface area contributed by atoms with E-state index in [-0.39, 0.29) is 11.6 Å². The molecule has 11 nitrogen and oxygen atoms in total. The number of carbonyl (C=O) groups is 1. The molecule has 1 aliphatic heterocycles. The second-order valence-electron chi connectivity index (χ2n) is 8.72. The standard InChI is InChI=1S/C26H20ClN7O4/c1-37-26(36)29-18-5-2-15(3-6-18)21-13-24(38-30-21)23-9-7-19-10-16(11-25(35)34(19)23)20-12-17(27)4-8-22(20)33-14-28-31-32-33/h2-6,8,10-14,23H,7,9H2,1H3,(H,29,36). The van der Waals surface area contributed by atoms with Crippen LogP contribution in [0.1, 0.15) is 23.9 Å². The Balaban J connectivity index is 1.30. The van der Waals surface area contributed by atoms with Gasteiger partial charge >= 0.3 is 6.09 Å². The van der Waals surface area contributed by atoms with Crippen molar-refractivity contribution in [2.75, 3.05) is 12.4 Å². The number of methoxy groups -OCH3 is 1.